The first-order valence-corrected chi connectivity index (χ1v) is 4.84. The molecule has 5 heteroatoms. The number of nitrogens with zero attached hydrogens (tertiary/aromatic N) is 3. The minimum atomic E-state index is -0.610. The molecule has 0 aromatic carbocycles. The highest BCUT2D eigenvalue weighted by molar-refractivity contribution is 5.97. The van der Waals surface area contributed by atoms with Gasteiger partial charge in [-0.15, -0.1) is 0 Å². The summed E-state index contributed by atoms with van der Waals surface area (Å²) in [7, 11) is 1.76. The summed E-state index contributed by atoms with van der Waals surface area (Å²) in [4.78, 5) is 11.5. The number of ether oxygens (including phenoxy) is 1. The van der Waals surface area contributed by atoms with E-state index in [9.17, 15) is 4.79 Å². The maximum atomic E-state index is 11.5. The molecule has 1 heterocycles. The molecule has 5 nitrogen and oxygen atoms in total. The quantitative estimate of drug-likeness (QED) is 0.436. The van der Waals surface area contributed by atoms with Crippen LogP contribution in [0.5, 0.6) is 0 Å². The van der Waals surface area contributed by atoms with Crippen LogP contribution in [0.1, 0.15) is 19.4 Å². The van der Waals surface area contributed by atoms with E-state index in [1.165, 1.54) is 6.08 Å². The summed E-state index contributed by atoms with van der Waals surface area (Å²) < 4.78 is 6.52. The van der Waals surface area contributed by atoms with Gasteiger partial charge in [-0.1, -0.05) is 0 Å². The van der Waals surface area contributed by atoms with E-state index in [-0.39, 0.29) is 11.7 Å². The van der Waals surface area contributed by atoms with E-state index in [0.717, 1.165) is 0 Å². The number of aromatic nitrogens is 2. The summed E-state index contributed by atoms with van der Waals surface area (Å²) in [5.74, 6) is -0.610. The molecule has 0 bridgehead atoms. The Morgan fingerprint density at radius 3 is 2.81 bits per heavy atom. The summed E-state index contributed by atoms with van der Waals surface area (Å²) in [5, 5.41) is 12.8. The van der Waals surface area contributed by atoms with E-state index in [2.05, 4.69) is 5.10 Å². The molecule has 0 spiro atoms. The van der Waals surface area contributed by atoms with Crippen LogP contribution in [0.3, 0.4) is 0 Å². The molecule has 1 aromatic heterocycles. The maximum Gasteiger partial charge on any atom is 0.349 e. The minimum Gasteiger partial charge on any atom is -0.459 e. The average molecular weight is 219 g/mol. The van der Waals surface area contributed by atoms with Gasteiger partial charge in [0.25, 0.3) is 0 Å². The first kappa shape index (κ1) is 12.0. The summed E-state index contributed by atoms with van der Waals surface area (Å²) >= 11 is 0. The van der Waals surface area contributed by atoms with Gasteiger partial charge in [0, 0.05) is 18.8 Å². The van der Waals surface area contributed by atoms with Crippen LogP contribution in [0, 0.1) is 11.3 Å². The SMILES string of the molecule is CC(C)OC(=O)/C(C#N)=C/c1cnn(C)c1. The summed E-state index contributed by atoms with van der Waals surface area (Å²) in [6.07, 6.45) is 4.50. The molecule has 0 radical (unpaired) electrons. The van der Waals surface area contributed by atoms with Crippen LogP contribution in [0.2, 0.25) is 0 Å². The van der Waals surface area contributed by atoms with Crippen molar-refractivity contribution >= 4 is 12.0 Å². The molecular weight excluding hydrogens is 206 g/mol. The summed E-state index contributed by atoms with van der Waals surface area (Å²) in [6, 6.07) is 1.81. The Labute approximate surface area is 93.9 Å². The molecule has 0 unspecified atom stereocenters. The normalized spacial score (nSPS) is 11.3. The molecule has 1 aromatic rings. The number of aryl methyl sites for hydroxylation is 1. The Hall–Kier alpha value is -2.09. The van der Waals surface area contributed by atoms with Crippen LogP contribution in [0.15, 0.2) is 18.0 Å². The molecule has 0 aliphatic heterocycles. The van der Waals surface area contributed by atoms with Crippen LogP contribution in [-0.4, -0.2) is 21.9 Å². The molecule has 0 fully saturated rings. The second-order valence-electron chi connectivity index (χ2n) is 3.57. The van der Waals surface area contributed by atoms with Crippen molar-refractivity contribution in [3.8, 4) is 6.07 Å². The molecule has 16 heavy (non-hydrogen) atoms. The second kappa shape index (κ2) is 5.12. The Kier molecular flexibility index (Phi) is 3.84. The number of nitriles is 1. The van der Waals surface area contributed by atoms with Gasteiger partial charge in [0.05, 0.1) is 12.3 Å². The lowest BCUT2D eigenvalue weighted by Gasteiger charge is -2.05. The Morgan fingerprint density at radius 2 is 2.38 bits per heavy atom. The number of rotatable bonds is 3. The molecule has 0 atom stereocenters. The number of carbonyl (C=O) groups excluding carboxylic acids is 1. The molecule has 0 aliphatic carbocycles. The van der Waals surface area contributed by atoms with Crippen molar-refractivity contribution in [3.63, 3.8) is 0 Å². The lowest BCUT2D eigenvalue weighted by molar-refractivity contribution is -0.142. The van der Waals surface area contributed by atoms with Crippen LogP contribution < -0.4 is 0 Å². The fourth-order valence-corrected chi connectivity index (χ4v) is 1.10. The molecule has 0 N–H and O–H groups in total. The molecular formula is C11H13N3O2. The Balaban J connectivity index is 2.87. The van der Waals surface area contributed by atoms with Crippen molar-refractivity contribution in [2.45, 2.75) is 20.0 Å². The second-order valence-corrected chi connectivity index (χ2v) is 3.57. The zero-order valence-electron chi connectivity index (χ0n) is 9.47. The van der Waals surface area contributed by atoms with E-state index >= 15 is 0 Å². The number of hydrogen-bond acceptors (Lipinski definition) is 4. The fraction of sp³-hybridized carbons (Fsp3) is 0.364. The average Bonchev–Trinajstić information content (AvgIpc) is 2.59. The van der Waals surface area contributed by atoms with Gasteiger partial charge < -0.3 is 4.74 Å². The van der Waals surface area contributed by atoms with Crippen molar-refractivity contribution in [1.82, 2.24) is 9.78 Å². The van der Waals surface area contributed by atoms with Gasteiger partial charge in [-0.3, -0.25) is 4.68 Å². The topological polar surface area (TPSA) is 67.9 Å². The minimum absolute atomic E-state index is 0.0262. The fourth-order valence-electron chi connectivity index (χ4n) is 1.10. The van der Waals surface area contributed by atoms with Crippen molar-refractivity contribution in [2.24, 2.45) is 7.05 Å². The van der Waals surface area contributed by atoms with Gasteiger partial charge in [-0.25, -0.2) is 4.79 Å². The molecule has 0 amide bonds. The van der Waals surface area contributed by atoms with Crippen LogP contribution in [-0.2, 0) is 16.6 Å². The van der Waals surface area contributed by atoms with Crippen molar-refractivity contribution in [1.29, 1.82) is 5.26 Å². The third-order valence-electron chi connectivity index (χ3n) is 1.72. The standard InChI is InChI=1S/C11H13N3O2/c1-8(2)16-11(15)10(5-12)4-9-6-13-14(3)7-9/h4,6-8H,1-3H3/b10-4+. The smallest absolute Gasteiger partial charge is 0.349 e. The predicted octanol–water partition coefficient (Wildman–Crippen LogP) is 1.28. The molecule has 0 aliphatic rings. The highest BCUT2D eigenvalue weighted by Crippen LogP contribution is 2.07. The largest absolute Gasteiger partial charge is 0.459 e. The monoisotopic (exact) mass is 219 g/mol. The van der Waals surface area contributed by atoms with Crippen LogP contribution in [0.25, 0.3) is 6.08 Å². The van der Waals surface area contributed by atoms with E-state index in [4.69, 9.17) is 10.00 Å². The van der Waals surface area contributed by atoms with Crippen LogP contribution in [0.4, 0.5) is 0 Å². The zero-order valence-corrected chi connectivity index (χ0v) is 9.47. The number of carbonyl (C=O) groups is 1. The van der Waals surface area contributed by atoms with Gasteiger partial charge in [-0.05, 0) is 19.9 Å². The zero-order chi connectivity index (χ0) is 12.1. The van der Waals surface area contributed by atoms with Crippen LogP contribution >= 0.6 is 0 Å². The molecule has 1 rings (SSSR count). The lowest BCUT2D eigenvalue weighted by Crippen LogP contribution is -2.12. The lowest BCUT2D eigenvalue weighted by atomic mass is 10.2. The van der Waals surface area contributed by atoms with Crippen molar-refractivity contribution < 1.29 is 9.53 Å². The Bertz CT molecular complexity index is 452. The van der Waals surface area contributed by atoms with Gasteiger partial charge in [-0.2, -0.15) is 10.4 Å². The van der Waals surface area contributed by atoms with E-state index in [0.29, 0.717) is 5.56 Å². The van der Waals surface area contributed by atoms with E-state index < -0.39 is 5.97 Å². The van der Waals surface area contributed by atoms with Gasteiger partial charge >= 0.3 is 5.97 Å². The van der Waals surface area contributed by atoms with Gasteiger partial charge in [0.15, 0.2) is 0 Å². The molecule has 84 valence electrons. The first-order chi connectivity index (χ1) is 7.52. The van der Waals surface area contributed by atoms with Gasteiger partial charge in [0.1, 0.15) is 11.6 Å². The van der Waals surface area contributed by atoms with Crippen molar-refractivity contribution in [3.05, 3.63) is 23.5 Å². The van der Waals surface area contributed by atoms with Gasteiger partial charge in [0.2, 0.25) is 0 Å². The van der Waals surface area contributed by atoms with E-state index in [1.807, 2.05) is 6.07 Å². The number of hydrogen-bond donors (Lipinski definition) is 0. The number of esters is 1. The molecule has 0 saturated heterocycles. The summed E-state index contributed by atoms with van der Waals surface area (Å²) in [5.41, 5.74) is 0.668. The predicted molar refractivity (Wildman–Crippen MR) is 58.0 cm³/mol. The van der Waals surface area contributed by atoms with E-state index in [1.54, 1.807) is 38.0 Å². The van der Waals surface area contributed by atoms with Crippen molar-refractivity contribution in [2.75, 3.05) is 0 Å². The summed E-state index contributed by atoms with van der Waals surface area (Å²) in [6.45, 7) is 3.47. The highest BCUT2D eigenvalue weighted by Gasteiger charge is 2.12. The molecule has 0 saturated carbocycles. The Morgan fingerprint density at radius 1 is 1.69 bits per heavy atom. The third kappa shape index (κ3) is 3.24. The highest BCUT2D eigenvalue weighted by atomic mass is 16.5. The first-order valence-electron chi connectivity index (χ1n) is 4.84. The maximum absolute atomic E-state index is 11.5. The third-order valence-corrected chi connectivity index (χ3v) is 1.72.